The van der Waals surface area contributed by atoms with Crippen LogP contribution in [0.4, 0.5) is 5.82 Å². The van der Waals surface area contributed by atoms with Crippen molar-refractivity contribution in [3.8, 4) is 5.88 Å². The van der Waals surface area contributed by atoms with Gasteiger partial charge >= 0.3 is 0 Å². The average molecular weight is 333 g/mol. The first kappa shape index (κ1) is 12.9. The van der Waals surface area contributed by atoms with Crippen LogP contribution in [0.3, 0.4) is 0 Å². The van der Waals surface area contributed by atoms with E-state index in [1.807, 2.05) is 48.1 Å². The number of halogens is 1. The summed E-state index contributed by atoms with van der Waals surface area (Å²) in [4.78, 5) is 8.66. The van der Waals surface area contributed by atoms with Crippen LogP contribution in [0.25, 0.3) is 5.65 Å². The normalized spacial score (nSPS) is 10.7. The van der Waals surface area contributed by atoms with Crippen molar-refractivity contribution >= 4 is 27.4 Å². The van der Waals surface area contributed by atoms with E-state index in [0.717, 1.165) is 15.9 Å². The van der Waals surface area contributed by atoms with Crippen LogP contribution in [0.2, 0.25) is 0 Å². The second-order valence-corrected chi connectivity index (χ2v) is 5.17. The monoisotopic (exact) mass is 332 g/mol. The predicted octanol–water partition coefficient (Wildman–Crippen LogP) is 3.11. The number of hydrogen-bond donors (Lipinski definition) is 1. The molecule has 1 aromatic carbocycles. The molecule has 0 aliphatic rings. The van der Waals surface area contributed by atoms with Crippen LogP contribution in [0.5, 0.6) is 5.88 Å². The summed E-state index contributed by atoms with van der Waals surface area (Å²) < 4.78 is 8.73. The highest BCUT2D eigenvalue weighted by atomic mass is 79.9. The lowest BCUT2D eigenvalue weighted by atomic mass is 10.2. The summed E-state index contributed by atoms with van der Waals surface area (Å²) in [5.74, 6) is 1.26. The van der Waals surface area contributed by atoms with Gasteiger partial charge in [0.1, 0.15) is 12.4 Å². The number of benzene rings is 1. The van der Waals surface area contributed by atoms with E-state index >= 15 is 0 Å². The molecule has 0 saturated heterocycles. The number of nitrogens with one attached hydrogen (secondary N) is 1. The highest BCUT2D eigenvalue weighted by molar-refractivity contribution is 9.10. The van der Waals surface area contributed by atoms with Crippen molar-refractivity contribution in [2.45, 2.75) is 6.61 Å². The van der Waals surface area contributed by atoms with E-state index in [9.17, 15) is 0 Å². The van der Waals surface area contributed by atoms with Gasteiger partial charge in [0.15, 0.2) is 0 Å². The quantitative estimate of drug-likeness (QED) is 0.797. The summed E-state index contributed by atoms with van der Waals surface area (Å²) in [6.07, 6.45) is 5.46. The smallest absolute Gasteiger partial charge is 0.260 e. The lowest BCUT2D eigenvalue weighted by Gasteiger charge is -2.09. The molecule has 0 spiro atoms. The van der Waals surface area contributed by atoms with Crippen LogP contribution >= 0.6 is 15.9 Å². The van der Waals surface area contributed by atoms with E-state index in [-0.39, 0.29) is 0 Å². The van der Waals surface area contributed by atoms with Crippen LogP contribution < -0.4 is 10.1 Å². The third-order valence-electron chi connectivity index (χ3n) is 2.89. The third kappa shape index (κ3) is 2.60. The van der Waals surface area contributed by atoms with Crippen molar-refractivity contribution in [3.63, 3.8) is 0 Å². The fraction of sp³-hybridized carbons (Fsp3) is 0.143. The van der Waals surface area contributed by atoms with Gasteiger partial charge in [-0.25, -0.2) is 4.98 Å². The summed E-state index contributed by atoms with van der Waals surface area (Å²) in [5, 5.41) is 3.01. The number of nitrogens with zero attached hydrogens (tertiary/aromatic N) is 3. The summed E-state index contributed by atoms with van der Waals surface area (Å²) in [7, 11) is 1.82. The Kier molecular flexibility index (Phi) is 3.56. The molecular formula is C14H13BrN4O. The Morgan fingerprint density at radius 3 is 2.85 bits per heavy atom. The summed E-state index contributed by atoms with van der Waals surface area (Å²) in [6, 6.07) is 7.99. The molecule has 0 radical (unpaired) electrons. The van der Waals surface area contributed by atoms with Gasteiger partial charge in [-0.1, -0.05) is 28.1 Å². The number of anilines is 1. The first-order chi connectivity index (χ1) is 9.76. The van der Waals surface area contributed by atoms with Crippen LogP contribution in [-0.4, -0.2) is 21.4 Å². The lowest BCUT2D eigenvalue weighted by Crippen LogP contribution is -2.03. The average Bonchev–Trinajstić information content (AvgIpc) is 2.94. The second kappa shape index (κ2) is 5.50. The molecule has 0 fully saturated rings. The SMILES string of the molecule is CNc1cn2ccnc2c(OCc2ccc(Br)cc2)n1. The zero-order valence-corrected chi connectivity index (χ0v) is 12.5. The molecule has 20 heavy (non-hydrogen) atoms. The number of rotatable bonds is 4. The minimum Gasteiger partial charge on any atom is -0.470 e. The van der Waals surface area contributed by atoms with E-state index in [4.69, 9.17) is 4.74 Å². The summed E-state index contributed by atoms with van der Waals surface area (Å²) in [6.45, 7) is 0.454. The number of imidazole rings is 1. The highest BCUT2D eigenvalue weighted by Crippen LogP contribution is 2.20. The number of ether oxygens (including phenoxy) is 1. The van der Waals surface area contributed by atoms with Gasteiger partial charge in [-0.05, 0) is 17.7 Å². The maximum atomic E-state index is 5.80. The van der Waals surface area contributed by atoms with Gasteiger partial charge in [0, 0.05) is 23.9 Å². The number of hydrogen-bond acceptors (Lipinski definition) is 4. The molecule has 102 valence electrons. The van der Waals surface area contributed by atoms with E-state index < -0.39 is 0 Å². The van der Waals surface area contributed by atoms with Crippen LogP contribution in [0.15, 0.2) is 47.3 Å². The summed E-state index contributed by atoms with van der Waals surface area (Å²) >= 11 is 3.41. The third-order valence-corrected chi connectivity index (χ3v) is 3.42. The maximum absolute atomic E-state index is 5.80. The van der Waals surface area contributed by atoms with Crippen molar-refractivity contribution < 1.29 is 4.74 Å². The van der Waals surface area contributed by atoms with Crippen molar-refractivity contribution in [2.75, 3.05) is 12.4 Å². The predicted molar refractivity (Wildman–Crippen MR) is 81.0 cm³/mol. The first-order valence-electron chi connectivity index (χ1n) is 6.15. The number of aromatic nitrogens is 3. The standard InChI is InChI=1S/C14H13BrN4O/c1-16-12-8-19-7-6-17-13(19)14(18-12)20-9-10-2-4-11(15)5-3-10/h2-8,16H,9H2,1H3. The molecule has 0 bridgehead atoms. The largest absolute Gasteiger partial charge is 0.470 e. The Labute approximate surface area is 124 Å². The molecule has 0 unspecified atom stereocenters. The topological polar surface area (TPSA) is 51.5 Å². The van der Waals surface area contributed by atoms with Crippen molar-refractivity contribution in [1.29, 1.82) is 0 Å². The van der Waals surface area contributed by atoms with Gasteiger partial charge in [-0.15, -0.1) is 0 Å². The van der Waals surface area contributed by atoms with E-state index in [2.05, 4.69) is 31.2 Å². The molecule has 0 saturated carbocycles. The minimum absolute atomic E-state index is 0.454. The van der Waals surface area contributed by atoms with Gasteiger partial charge in [-0.2, -0.15) is 4.98 Å². The molecular weight excluding hydrogens is 320 g/mol. The Balaban J connectivity index is 1.86. The van der Waals surface area contributed by atoms with Crippen LogP contribution in [-0.2, 0) is 6.61 Å². The molecule has 0 aliphatic carbocycles. The van der Waals surface area contributed by atoms with E-state index in [0.29, 0.717) is 18.1 Å². The Morgan fingerprint density at radius 2 is 2.10 bits per heavy atom. The van der Waals surface area contributed by atoms with Crippen LogP contribution in [0.1, 0.15) is 5.56 Å². The fourth-order valence-corrected chi connectivity index (χ4v) is 2.12. The van der Waals surface area contributed by atoms with E-state index in [1.54, 1.807) is 6.20 Å². The molecule has 3 aromatic rings. The lowest BCUT2D eigenvalue weighted by molar-refractivity contribution is 0.296. The molecule has 2 heterocycles. The fourth-order valence-electron chi connectivity index (χ4n) is 1.85. The van der Waals surface area contributed by atoms with Gasteiger partial charge in [-0.3, -0.25) is 4.40 Å². The van der Waals surface area contributed by atoms with Gasteiger partial charge in [0.2, 0.25) is 5.65 Å². The molecule has 0 atom stereocenters. The number of fused-ring (bicyclic) bond motifs is 1. The van der Waals surface area contributed by atoms with E-state index in [1.165, 1.54) is 0 Å². The van der Waals surface area contributed by atoms with Gasteiger partial charge in [0.25, 0.3) is 5.88 Å². The molecule has 6 heteroatoms. The Morgan fingerprint density at radius 1 is 1.30 bits per heavy atom. The maximum Gasteiger partial charge on any atom is 0.260 e. The first-order valence-corrected chi connectivity index (χ1v) is 6.94. The van der Waals surface area contributed by atoms with Crippen molar-refractivity contribution in [3.05, 3.63) is 52.9 Å². The van der Waals surface area contributed by atoms with Gasteiger partial charge in [0.05, 0.1) is 6.20 Å². The molecule has 5 nitrogen and oxygen atoms in total. The second-order valence-electron chi connectivity index (χ2n) is 4.25. The highest BCUT2D eigenvalue weighted by Gasteiger charge is 2.08. The van der Waals surface area contributed by atoms with Crippen LogP contribution in [0, 0.1) is 0 Å². The van der Waals surface area contributed by atoms with Gasteiger partial charge < -0.3 is 10.1 Å². The Bertz CT molecular complexity index is 724. The minimum atomic E-state index is 0.454. The zero-order chi connectivity index (χ0) is 13.9. The molecule has 3 rings (SSSR count). The molecule has 0 amide bonds. The molecule has 2 aromatic heterocycles. The zero-order valence-electron chi connectivity index (χ0n) is 10.9. The molecule has 1 N–H and O–H groups in total. The summed E-state index contributed by atoms with van der Waals surface area (Å²) in [5.41, 5.74) is 1.79. The van der Waals surface area contributed by atoms with Crippen molar-refractivity contribution in [2.24, 2.45) is 0 Å². The molecule has 0 aliphatic heterocycles. The Hall–Kier alpha value is -2.08. The van der Waals surface area contributed by atoms with Crippen molar-refractivity contribution in [1.82, 2.24) is 14.4 Å².